The predicted octanol–water partition coefficient (Wildman–Crippen LogP) is 6.58. The van der Waals surface area contributed by atoms with Crippen LogP contribution in [0.4, 0.5) is 5.95 Å². The van der Waals surface area contributed by atoms with E-state index >= 15 is 0 Å². The number of nitrogens with zero attached hydrogens (tertiary/aromatic N) is 4. The molecule has 0 saturated carbocycles. The minimum absolute atomic E-state index is 0.128. The van der Waals surface area contributed by atoms with Crippen molar-refractivity contribution in [3.8, 4) is 16.9 Å². The van der Waals surface area contributed by atoms with Crippen LogP contribution in [0, 0.1) is 6.92 Å². The molecule has 3 aromatic carbocycles. The number of hydrogen-bond donors (Lipinski definition) is 2. The van der Waals surface area contributed by atoms with Gasteiger partial charge < -0.3 is 15.5 Å². The van der Waals surface area contributed by atoms with E-state index in [0.29, 0.717) is 41.0 Å². The second-order valence-corrected chi connectivity index (χ2v) is 12.7. The highest BCUT2D eigenvalue weighted by Gasteiger charge is 2.32. The van der Waals surface area contributed by atoms with E-state index in [1.54, 1.807) is 36.3 Å². The van der Waals surface area contributed by atoms with Gasteiger partial charge in [0.25, 0.3) is 17.4 Å². The van der Waals surface area contributed by atoms with Gasteiger partial charge >= 0.3 is 0 Å². The van der Waals surface area contributed by atoms with E-state index in [0.717, 1.165) is 26.9 Å². The zero-order chi connectivity index (χ0) is 33.2. The van der Waals surface area contributed by atoms with E-state index < -0.39 is 0 Å². The molecule has 0 fully saturated rings. The van der Waals surface area contributed by atoms with Gasteiger partial charge in [-0.3, -0.25) is 19.4 Å². The van der Waals surface area contributed by atoms with Crippen LogP contribution < -0.4 is 16.2 Å². The van der Waals surface area contributed by atoms with Crippen LogP contribution in [0.5, 0.6) is 0 Å². The van der Waals surface area contributed by atoms with Crippen molar-refractivity contribution >= 4 is 45.3 Å². The summed E-state index contributed by atoms with van der Waals surface area (Å²) in [5, 5.41) is 6.20. The summed E-state index contributed by atoms with van der Waals surface area (Å²) in [5.41, 5.74) is 5.73. The summed E-state index contributed by atoms with van der Waals surface area (Å²) in [6.45, 7) is 4.37. The lowest BCUT2D eigenvalue weighted by molar-refractivity contribution is 0.0653. The number of anilines is 1. The average Bonchev–Trinajstić information content (AvgIpc) is 3.09. The van der Waals surface area contributed by atoms with Crippen molar-refractivity contribution in [1.29, 1.82) is 0 Å². The largest absolute Gasteiger partial charge is 0.355 e. The average molecular weight is 712 g/mol. The Morgan fingerprint density at radius 3 is 2.51 bits per heavy atom. The van der Waals surface area contributed by atoms with Gasteiger partial charge in [0.1, 0.15) is 0 Å². The van der Waals surface area contributed by atoms with Crippen molar-refractivity contribution in [3.63, 3.8) is 0 Å². The summed E-state index contributed by atoms with van der Waals surface area (Å²) in [6.07, 6.45) is 2.06. The van der Waals surface area contributed by atoms with Crippen LogP contribution in [0.25, 0.3) is 16.9 Å². The Bertz CT molecular complexity index is 2070. The maximum Gasteiger partial charge on any atom is 0.263 e. The van der Waals surface area contributed by atoms with Crippen molar-refractivity contribution in [1.82, 2.24) is 24.8 Å². The molecule has 9 nitrogen and oxygen atoms in total. The molecule has 238 valence electrons. The Labute approximate surface area is 285 Å². The first-order chi connectivity index (χ1) is 22.7. The van der Waals surface area contributed by atoms with Crippen LogP contribution in [0.3, 0.4) is 0 Å². The Morgan fingerprint density at radius 2 is 1.79 bits per heavy atom. The molecule has 6 rings (SSSR count). The van der Waals surface area contributed by atoms with Gasteiger partial charge in [-0.15, -0.1) is 0 Å². The lowest BCUT2D eigenvalue weighted by Crippen LogP contribution is -2.46. The van der Waals surface area contributed by atoms with E-state index in [1.165, 1.54) is 10.6 Å². The molecule has 2 aromatic heterocycles. The van der Waals surface area contributed by atoms with Gasteiger partial charge in [0.05, 0.1) is 28.6 Å². The number of carbonyl (C=O) groups excluding carboxylic acids is 2. The van der Waals surface area contributed by atoms with Crippen LogP contribution in [-0.2, 0) is 19.5 Å². The Kier molecular flexibility index (Phi) is 9.24. The number of rotatable bonds is 7. The van der Waals surface area contributed by atoms with E-state index in [-0.39, 0.29) is 40.9 Å². The third kappa shape index (κ3) is 6.43. The first-order valence-corrected chi connectivity index (χ1v) is 16.3. The molecule has 0 unspecified atom stereocenters. The number of amides is 2. The molecule has 2 N–H and O–H groups in total. The summed E-state index contributed by atoms with van der Waals surface area (Å²) in [5.74, 6) is -0.157. The normalized spacial score (nSPS) is 14.0. The number of benzene rings is 3. The molecule has 0 saturated heterocycles. The zero-order valence-corrected chi connectivity index (χ0v) is 28.4. The van der Waals surface area contributed by atoms with Crippen molar-refractivity contribution in [2.75, 3.05) is 12.4 Å². The van der Waals surface area contributed by atoms with Gasteiger partial charge in [-0.1, -0.05) is 57.9 Å². The highest BCUT2D eigenvalue weighted by atomic mass is 79.9. The molecule has 2 amide bonds. The quantitative estimate of drug-likeness (QED) is 0.198. The van der Waals surface area contributed by atoms with E-state index in [1.807, 2.05) is 68.4 Å². The highest BCUT2D eigenvalue weighted by molar-refractivity contribution is 9.10. The standard InChI is InChI=1S/C36H32BrClN6O3/c1-21-16-24(11-13-28(21)37)34(46)43-20-31-27(17-22(43)2)35(47)44(32-14-12-23(18-29(32)38)33(45)39-3)36(42-31)41-19-25-8-4-5-9-26(25)30-10-6-7-15-40-30/h4-16,18,22H,17,19-20H2,1-3H3,(H,39,45)(H,41,42)/t22-/m1/s1. The summed E-state index contributed by atoms with van der Waals surface area (Å²) in [6, 6.07) is 23.7. The lowest BCUT2D eigenvalue weighted by atomic mass is 9.98. The van der Waals surface area contributed by atoms with Crippen LogP contribution in [0.1, 0.15) is 50.0 Å². The number of hydrogen-bond acceptors (Lipinski definition) is 6. The Morgan fingerprint density at radius 1 is 1.02 bits per heavy atom. The molecule has 0 spiro atoms. The fourth-order valence-electron chi connectivity index (χ4n) is 5.81. The second kappa shape index (κ2) is 13.5. The van der Waals surface area contributed by atoms with Crippen molar-refractivity contribution < 1.29 is 9.59 Å². The van der Waals surface area contributed by atoms with Crippen LogP contribution >= 0.6 is 27.5 Å². The Hall–Kier alpha value is -4.80. The van der Waals surface area contributed by atoms with Crippen LogP contribution in [-0.4, -0.2) is 44.3 Å². The topological polar surface area (TPSA) is 109 Å². The summed E-state index contributed by atoms with van der Waals surface area (Å²) in [7, 11) is 1.54. The fraction of sp³-hybridized carbons (Fsp3) is 0.194. The van der Waals surface area contributed by atoms with Gasteiger partial charge in [-0.2, -0.15) is 0 Å². The van der Waals surface area contributed by atoms with Gasteiger partial charge in [0.2, 0.25) is 5.95 Å². The van der Waals surface area contributed by atoms with E-state index in [2.05, 4.69) is 31.5 Å². The molecular formula is C36H32BrClN6O3. The zero-order valence-electron chi connectivity index (χ0n) is 26.1. The number of nitrogens with one attached hydrogen (secondary N) is 2. The predicted molar refractivity (Wildman–Crippen MR) is 187 cm³/mol. The Balaban J connectivity index is 1.43. The molecule has 1 aliphatic rings. The fourth-order valence-corrected chi connectivity index (χ4v) is 6.32. The maximum absolute atomic E-state index is 14.4. The third-order valence-electron chi connectivity index (χ3n) is 8.35. The SMILES string of the molecule is CNC(=O)c1ccc(-n2c(NCc3ccccc3-c3ccccn3)nc3c(c2=O)C[C@@H](C)N(C(=O)c2ccc(Br)c(C)c2)C3)c(Cl)c1. The molecule has 0 bridgehead atoms. The third-order valence-corrected chi connectivity index (χ3v) is 9.55. The summed E-state index contributed by atoms with van der Waals surface area (Å²) < 4.78 is 2.39. The van der Waals surface area contributed by atoms with Crippen molar-refractivity contribution in [3.05, 3.63) is 138 Å². The number of fused-ring (bicyclic) bond motifs is 1. The van der Waals surface area contributed by atoms with Gasteiger partial charge in [0.15, 0.2) is 0 Å². The molecule has 0 aliphatic carbocycles. The molecule has 1 atom stereocenters. The number of aryl methyl sites for hydroxylation is 1. The number of carbonyl (C=O) groups is 2. The minimum Gasteiger partial charge on any atom is -0.355 e. The smallest absolute Gasteiger partial charge is 0.263 e. The first-order valence-electron chi connectivity index (χ1n) is 15.1. The van der Waals surface area contributed by atoms with E-state index in [4.69, 9.17) is 16.6 Å². The number of pyridine rings is 1. The molecule has 11 heteroatoms. The highest BCUT2D eigenvalue weighted by Crippen LogP contribution is 2.29. The van der Waals surface area contributed by atoms with Gasteiger partial charge in [-0.25, -0.2) is 9.55 Å². The van der Waals surface area contributed by atoms with Crippen LogP contribution in [0.2, 0.25) is 5.02 Å². The van der Waals surface area contributed by atoms with Crippen molar-refractivity contribution in [2.24, 2.45) is 0 Å². The van der Waals surface area contributed by atoms with Gasteiger partial charge in [-0.05, 0) is 79.9 Å². The molecular weight excluding hydrogens is 680 g/mol. The summed E-state index contributed by atoms with van der Waals surface area (Å²) in [4.78, 5) is 51.6. The first kappa shape index (κ1) is 32.2. The minimum atomic E-state index is -0.293. The maximum atomic E-state index is 14.4. The van der Waals surface area contributed by atoms with Crippen LogP contribution in [0.15, 0.2) is 94.3 Å². The van der Waals surface area contributed by atoms with Crippen molar-refractivity contribution in [2.45, 2.75) is 39.4 Å². The van der Waals surface area contributed by atoms with Gasteiger partial charge in [0, 0.05) is 52.6 Å². The number of aromatic nitrogens is 3. The summed E-state index contributed by atoms with van der Waals surface area (Å²) >= 11 is 10.2. The molecule has 1 aliphatic heterocycles. The number of halogens is 2. The van der Waals surface area contributed by atoms with E-state index in [9.17, 15) is 14.4 Å². The molecule has 3 heterocycles. The molecule has 5 aromatic rings. The molecule has 0 radical (unpaired) electrons. The second-order valence-electron chi connectivity index (χ2n) is 11.4. The lowest BCUT2D eigenvalue weighted by Gasteiger charge is -2.34. The molecule has 47 heavy (non-hydrogen) atoms. The monoisotopic (exact) mass is 710 g/mol.